The number of rotatable bonds is 5. The van der Waals surface area contributed by atoms with E-state index in [1.807, 2.05) is 12.1 Å². The third-order valence-corrected chi connectivity index (χ3v) is 5.87. The second-order valence-corrected chi connectivity index (χ2v) is 8.06. The molecule has 0 aromatic heterocycles. The molecule has 6 heteroatoms. The predicted octanol–water partition coefficient (Wildman–Crippen LogP) is 5.30. The first-order valence-electron chi connectivity index (χ1n) is 10.6. The van der Waals surface area contributed by atoms with Crippen molar-refractivity contribution in [3.63, 3.8) is 0 Å². The van der Waals surface area contributed by atoms with Crippen LogP contribution < -0.4 is 4.74 Å². The number of esters is 1. The smallest absolute Gasteiger partial charge is 0.343 e. The van der Waals surface area contributed by atoms with Gasteiger partial charge in [0.15, 0.2) is 5.78 Å². The van der Waals surface area contributed by atoms with Crippen molar-refractivity contribution in [2.45, 2.75) is 38.0 Å². The zero-order valence-corrected chi connectivity index (χ0v) is 17.5. The van der Waals surface area contributed by atoms with Crippen LogP contribution in [-0.2, 0) is 0 Å². The normalized spacial score (nSPS) is 14.1. The van der Waals surface area contributed by atoms with Crippen LogP contribution in [0.5, 0.6) is 23.0 Å². The van der Waals surface area contributed by atoms with Crippen LogP contribution >= 0.6 is 0 Å². The monoisotopic (exact) mass is 432 g/mol. The Morgan fingerprint density at radius 1 is 0.750 bits per heavy atom. The highest BCUT2D eigenvalue weighted by Gasteiger charge is 2.20. The van der Waals surface area contributed by atoms with Crippen LogP contribution in [0.3, 0.4) is 0 Å². The fourth-order valence-corrected chi connectivity index (χ4v) is 4.12. The molecule has 0 bridgehead atoms. The zero-order valence-electron chi connectivity index (χ0n) is 17.5. The Hall–Kier alpha value is -3.80. The summed E-state index contributed by atoms with van der Waals surface area (Å²) in [5.41, 5.74) is 1.50. The van der Waals surface area contributed by atoms with Crippen LogP contribution in [-0.4, -0.2) is 27.1 Å². The van der Waals surface area contributed by atoms with E-state index in [1.54, 1.807) is 12.1 Å². The molecule has 1 saturated carbocycles. The van der Waals surface area contributed by atoms with E-state index in [4.69, 9.17) is 4.74 Å². The van der Waals surface area contributed by atoms with Crippen LogP contribution in [0.4, 0.5) is 0 Å². The number of ketones is 1. The Kier molecular flexibility index (Phi) is 6.12. The van der Waals surface area contributed by atoms with Crippen molar-refractivity contribution in [2.75, 3.05) is 0 Å². The summed E-state index contributed by atoms with van der Waals surface area (Å²) in [6.45, 7) is 0. The first-order chi connectivity index (χ1) is 15.4. The topological polar surface area (TPSA) is 104 Å². The van der Waals surface area contributed by atoms with E-state index >= 15 is 0 Å². The molecule has 0 heterocycles. The molecule has 1 fully saturated rings. The van der Waals surface area contributed by atoms with Gasteiger partial charge in [0.25, 0.3) is 0 Å². The van der Waals surface area contributed by atoms with Crippen LogP contribution in [0.1, 0.15) is 69.9 Å². The summed E-state index contributed by atoms with van der Waals surface area (Å²) in [4.78, 5) is 25.1. The minimum atomic E-state index is -0.629. The highest BCUT2D eigenvalue weighted by atomic mass is 16.5. The maximum Gasteiger partial charge on any atom is 0.343 e. The summed E-state index contributed by atoms with van der Waals surface area (Å²) in [7, 11) is 0. The summed E-state index contributed by atoms with van der Waals surface area (Å²) < 4.78 is 5.35. The van der Waals surface area contributed by atoms with Crippen molar-refractivity contribution in [1.82, 2.24) is 0 Å². The lowest BCUT2D eigenvalue weighted by atomic mass is 9.84. The van der Waals surface area contributed by atoms with Gasteiger partial charge in [-0.15, -0.1) is 0 Å². The van der Waals surface area contributed by atoms with Crippen molar-refractivity contribution in [3.8, 4) is 23.0 Å². The minimum absolute atomic E-state index is 0.0670. The standard InChI is InChI=1S/C26H24O6/c27-19-10-12-21(23(28)14-19)25(30)22-13-11-20(15-24(22)29)32-26(31)18-8-6-17(7-9-18)16-4-2-1-3-5-16/h6-16,27-29H,1-5H2. The van der Waals surface area contributed by atoms with Gasteiger partial charge < -0.3 is 20.1 Å². The van der Waals surface area contributed by atoms with E-state index in [-0.39, 0.29) is 28.4 Å². The maximum absolute atomic E-state index is 12.6. The lowest BCUT2D eigenvalue weighted by molar-refractivity contribution is 0.0734. The molecule has 6 nitrogen and oxygen atoms in total. The molecule has 0 amide bonds. The van der Waals surface area contributed by atoms with Crippen molar-refractivity contribution >= 4 is 11.8 Å². The van der Waals surface area contributed by atoms with Gasteiger partial charge in [0, 0.05) is 12.1 Å². The van der Waals surface area contributed by atoms with Gasteiger partial charge in [-0.1, -0.05) is 31.4 Å². The SMILES string of the molecule is O=C(Oc1ccc(C(=O)c2ccc(O)cc2O)c(O)c1)c1ccc(C2CCCCC2)cc1. The quantitative estimate of drug-likeness (QED) is 0.287. The molecule has 32 heavy (non-hydrogen) atoms. The van der Waals surface area contributed by atoms with Crippen molar-refractivity contribution in [1.29, 1.82) is 0 Å². The number of carbonyl (C=O) groups excluding carboxylic acids is 2. The highest BCUT2D eigenvalue weighted by Crippen LogP contribution is 2.33. The van der Waals surface area contributed by atoms with Crippen LogP contribution in [0.2, 0.25) is 0 Å². The number of benzene rings is 3. The third-order valence-electron chi connectivity index (χ3n) is 5.87. The fourth-order valence-electron chi connectivity index (χ4n) is 4.12. The Morgan fingerprint density at radius 3 is 2.00 bits per heavy atom. The Labute approximate surface area is 185 Å². The number of hydrogen-bond acceptors (Lipinski definition) is 6. The van der Waals surface area contributed by atoms with Gasteiger partial charge in [-0.3, -0.25) is 4.79 Å². The van der Waals surface area contributed by atoms with Gasteiger partial charge in [0.1, 0.15) is 23.0 Å². The number of hydrogen-bond donors (Lipinski definition) is 3. The first kappa shape index (κ1) is 21.4. The molecule has 0 radical (unpaired) electrons. The van der Waals surface area contributed by atoms with Gasteiger partial charge in [0.2, 0.25) is 0 Å². The minimum Gasteiger partial charge on any atom is -0.508 e. The molecule has 0 aliphatic heterocycles. The summed E-state index contributed by atoms with van der Waals surface area (Å²) in [5, 5.41) is 29.5. The second kappa shape index (κ2) is 9.14. The second-order valence-electron chi connectivity index (χ2n) is 8.06. The Morgan fingerprint density at radius 2 is 1.38 bits per heavy atom. The molecule has 1 aliphatic carbocycles. The highest BCUT2D eigenvalue weighted by molar-refractivity contribution is 6.12. The number of ether oxygens (including phenoxy) is 1. The van der Waals surface area contributed by atoms with Gasteiger partial charge in [-0.2, -0.15) is 0 Å². The van der Waals surface area contributed by atoms with E-state index in [0.29, 0.717) is 11.5 Å². The Balaban J connectivity index is 1.46. The number of carbonyl (C=O) groups is 2. The number of aromatic hydroxyl groups is 3. The molecule has 3 N–H and O–H groups in total. The Bertz CT molecular complexity index is 1140. The fraction of sp³-hybridized carbons (Fsp3) is 0.231. The average molecular weight is 432 g/mol. The van der Waals surface area contributed by atoms with Crippen LogP contribution in [0.15, 0.2) is 60.7 Å². The van der Waals surface area contributed by atoms with Crippen molar-refractivity contribution < 1.29 is 29.6 Å². The molecular formula is C26H24O6. The molecule has 0 atom stereocenters. The lowest BCUT2D eigenvalue weighted by Gasteiger charge is -2.22. The largest absolute Gasteiger partial charge is 0.508 e. The van der Waals surface area contributed by atoms with Crippen molar-refractivity contribution in [3.05, 3.63) is 82.9 Å². The van der Waals surface area contributed by atoms with Crippen LogP contribution in [0.25, 0.3) is 0 Å². The van der Waals surface area contributed by atoms with Gasteiger partial charge in [0.05, 0.1) is 16.7 Å². The van der Waals surface area contributed by atoms with Crippen LogP contribution in [0, 0.1) is 0 Å². The number of phenols is 3. The summed E-state index contributed by atoms with van der Waals surface area (Å²) in [6, 6.07) is 14.9. The zero-order chi connectivity index (χ0) is 22.7. The predicted molar refractivity (Wildman–Crippen MR) is 119 cm³/mol. The first-order valence-corrected chi connectivity index (χ1v) is 10.6. The lowest BCUT2D eigenvalue weighted by Crippen LogP contribution is -2.10. The molecule has 0 spiro atoms. The molecule has 3 aromatic rings. The molecular weight excluding hydrogens is 408 g/mol. The maximum atomic E-state index is 12.6. The summed E-state index contributed by atoms with van der Waals surface area (Å²) in [6.07, 6.45) is 6.12. The molecule has 0 saturated heterocycles. The number of phenolic OH excluding ortho intramolecular Hbond substituents is 3. The van der Waals surface area contributed by atoms with Gasteiger partial charge >= 0.3 is 5.97 Å². The van der Waals surface area contributed by atoms with Gasteiger partial charge in [-0.05, 0) is 60.7 Å². The molecule has 3 aromatic carbocycles. The van der Waals surface area contributed by atoms with E-state index in [1.165, 1.54) is 68.0 Å². The molecule has 1 aliphatic rings. The summed E-state index contributed by atoms with van der Waals surface area (Å²) >= 11 is 0. The summed E-state index contributed by atoms with van der Waals surface area (Å²) in [5.74, 6) is -1.52. The molecule has 4 rings (SSSR count). The van der Waals surface area contributed by atoms with Crippen molar-refractivity contribution in [2.24, 2.45) is 0 Å². The van der Waals surface area contributed by atoms with E-state index in [9.17, 15) is 24.9 Å². The van der Waals surface area contributed by atoms with E-state index < -0.39 is 17.5 Å². The van der Waals surface area contributed by atoms with E-state index in [0.717, 1.165) is 6.07 Å². The molecule has 164 valence electrons. The average Bonchev–Trinajstić information content (AvgIpc) is 2.79. The third kappa shape index (κ3) is 4.59. The van der Waals surface area contributed by atoms with E-state index in [2.05, 4.69) is 0 Å². The van der Waals surface area contributed by atoms with Gasteiger partial charge in [-0.25, -0.2) is 4.79 Å². The molecule has 0 unspecified atom stereocenters.